The number of fused-ring (bicyclic) bond motifs is 1. The molecule has 0 amide bonds. The standard InChI is InChI=1S/C16H19N4S.BrH/c1-10-12(3)21-16(20(10)5)18-17-15-11(2)19(4)14-9-7-6-8-13(14)15;/h6-9H,1-5H3;1H/q+1;/p-1. The molecule has 2 aromatic heterocycles. The fourth-order valence-electron chi connectivity index (χ4n) is 2.47. The van der Waals surface area contributed by atoms with Gasteiger partial charge in [-0.1, -0.05) is 18.2 Å². The molecule has 0 fully saturated rings. The molecule has 6 heteroatoms. The second-order valence-electron chi connectivity index (χ2n) is 5.30. The van der Waals surface area contributed by atoms with E-state index in [1.54, 1.807) is 11.3 Å². The number of aryl methyl sites for hydroxylation is 2. The molecule has 0 spiro atoms. The first-order valence-electron chi connectivity index (χ1n) is 6.92. The van der Waals surface area contributed by atoms with Crippen LogP contribution in [0.1, 0.15) is 16.3 Å². The molecule has 4 nitrogen and oxygen atoms in total. The number of azo groups is 1. The Balaban J connectivity index is 0.00000176. The van der Waals surface area contributed by atoms with Crippen LogP contribution in [0.15, 0.2) is 34.5 Å². The topological polar surface area (TPSA) is 33.5 Å². The summed E-state index contributed by atoms with van der Waals surface area (Å²) in [5.41, 5.74) is 4.51. The van der Waals surface area contributed by atoms with E-state index in [0.29, 0.717) is 0 Å². The van der Waals surface area contributed by atoms with E-state index in [1.807, 2.05) is 13.1 Å². The average molecular weight is 379 g/mol. The highest BCUT2D eigenvalue weighted by Gasteiger charge is 2.18. The lowest BCUT2D eigenvalue weighted by molar-refractivity contribution is -0.660. The molecule has 22 heavy (non-hydrogen) atoms. The molecule has 0 saturated carbocycles. The van der Waals surface area contributed by atoms with Crippen molar-refractivity contribution in [2.75, 3.05) is 0 Å². The van der Waals surface area contributed by atoms with Gasteiger partial charge < -0.3 is 21.5 Å². The van der Waals surface area contributed by atoms with E-state index < -0.39 is 0 Å². The first-order chi connectivity index (χ1) is 10.0. The lowest BCUT2D eigenvalue weighted by atomic mass is 10.2. The van der Waals surface area contributed by atoms with Gasteiger partial charge in [0.25, 0.3) is 0 Å². The minimum absolute atomic E-state index is 0. The van der Waals surface area contributed by atoms with Gasteiger partial charge in [-0.25, -0.2) is 4.57 Å². The quantitative estimate of drug-likeness (QED) is 0.477. The highest BCUT2D eigenvalue weighted by Crippen LogP contribution is 2.33. The van der Waals surface area contributed by atoms with Crippen LogP contribution in [0.3, 0.4) is 0 Å². The Morgan fingerprint density at radius 3 is 2.41 bits per heavy atom. The van der Waals surface area contributed by atoms with Crippen molar-refractivity contribution in [3.63, 3.8) is 0 Å². The van der Waals surface area contributed by atoms with E-state index in [4.69, 9.17) is 0 Å². The Bertz CT molecular complexity index is 861. The van der Waals surface area contributed by atoms with Gasteiger partial charge in [0.05, 0.1) is 22.6 Å². The monoisotopic (exact) mass is 378 g/mol. The molecule has 2 heterocycles. The van der Waals surface area contributed by atoms with Crippen molar-refractivity contribution in [3.8, 4) is 0 Å². The number of thiazole rings is 1. The Kier molecular flexibility index (Phi) is 4.82. The van der Waals surface area contributed by atoms with Crippen LogP contribution < -0.4 is 21.5 Å². The summed E-state index contributed by atoms with van der Waals surface area (Å²) in [5, 5.41) is 11.1. The molecule has 0 aliphatic carbocycles. The van der Waals surface area contributed by atoms with Gasteiger partial charge in [0, 0.05) is 18.1 Å². The molecule has 3 rings (SSSR count). The number of benzene rings is 1. The zero-order valence-corrected chi connectivity index (χ0v) is 15.8. The number of hydrogen-bond donors (Lipinski definition) is 0. The molecular weight excluding hydrogens is 360 g/mol. The first kappa shape index (κ1) is 16.8. The van der Waals surface area contributed by atoms with Crippen LogP contribution in [0, 0.1) is 20.8 Å². The third kappa shape index (κ3) is 2.61. The molecule has 1 aromatic carbocycles. The number of hydrogen-bond acceptors (Lipinski definition) is 3. The van der Waals surface area contributed by atoms with E-state index in [2.05, 4.69) is 65.4 Å². The van der Waals surface area contributed by atoms with Crippen LogP contribution in [-0.2, 0) is 14.1 Å². The van der Waals surface area contributed by atoms with Crippen LogP contribution in [0.5, 0.6) is 0 Å². The van der Waals surface area contributed by atoms with Crippen LogP contribution in [-0.4, -0.2) is 4.57 Å². The number of aromatic nitrogens is 2. The van der Waals surface area contributed by atoms with Crippen molar-refractivity contribution < 1.29 is 21.5 Å². The second-order valence-corrected chi connectivity index (χ2v) is 6.48. The summed E-state index contributed by atoms with van der Waals surface area (Å²) in [5.74, 6) is 0. The number of para-hydroxylation sites is 1. The number of halogens is 1. The van der Waals surface area contributed by atoms with Crippen molar-refractivity contribution >= 4 is 33.1 Å². The maximum atomic E-state index is 4.53. The molecule has 0 N–H and O–H groups in total. The smallest absolute Gasteiger partial charge is 0.408 e. The first-order valence-corrected chi connectivity index (χ1v) is 7.74. The van der Waals surface area contributed by atoms with Gasteiger partial charge in [0.2, 0.25) is 0 Å². The minimum atomic E-state index is 0. The summed E-state index contributed by atoms with van der Waals surface area (Å²) in [6.07, 6.45) is 0. The highest BCUT2D eigenvalue weighted by molar-refractivity contribution is 7.14. The summed E-state index contributed by atoms with van der Waals surface area (Å²) >= 11 is 1.67. The molecule has 0 radical (unpaired) electrons. The third-order valence-corrected chi connectivity index (χ3v) is 5.29. The molecule has 0 atom stereocenters. The largest absolute Gasteiger partial charge is 1.00 e. The summed E-state index contributed by atoms with van der Waals surface area (Å²) in [6, 6.07) is 8.30. The van der Waals surface area contributed by atoms with Gasteiger partial charge in [-0.2, -0.15) is 0 Å². The van der Waals surface area contributed by atoms with Gasteiger partial charge in [0.15, 0.2) is 0 Å². The molecule has 0 aliphatic rings. The van der Waals surface area contributed by atoms with Crippen molar-refractivity contribution in [2.24, 2.45) is 24.3 Å². The highest BCUT2D eigenvalue weighted by atomic mass is 79.9. The molecule has 0 aliphatic heterocycles. The van der Waals surface area contributed by atoms with E-state index >= 15 is 0 Å². The normalized spacial score (nSPS) is 11.3. The van der Waals surface area contributed by atoms with Crippen LogP contribution in [0.2, 0.25) is 0 Å². The molecule has 0 unspecified atom stereocenters. The Hall–Kier alpha value is -1.53. The SMILES string of the molecule is Cc1sc(/N=N/c2c(C)n(C)c3ccccc23)[n+](C)c1C.[Br-]. The number of rotatable bonds is 2. The maximum Gasteiger partial charge on any atom is 0.408 e. The van der Waals surface area contributed by atoms with Crippen molar-refractivity contribution in [3.05, 3.63) is 40.5 Å². The van der Waals surface area contributed by atoms with E-state index in [1.165, 1.54) is 16.1 Å². The van der Waals surface area contributed by atoms with Gasteiger partial charge in [-0.05, 0) is 43.3 Å². The molecule has 3 aromatic rings. The van der Waals surface area contributed by atoms with Crippen molar-refractivity contribution in [1.82, 2.24) is 4.57 Å². The zero-order chi connectivity index (χ0) is 15.1. The maximum absolute atomic E-state index is 4.53. The summed E-state index contributed by atoms with van der Waals surface area (Å²) in [7, 11) is 4.10. The molecule has 0 bridgehead atoms. The Morgan fingerprint density at radius 1 is 1.09 bits per heavy atom. The van der Waals surface area contributed by atoms with Crippen molar-refractivity contribution in [2.45, 2.75) is 20.8 Å². The van der Waals surface area contributed by atoms with Crippen LogP contribution in [0.25, 0.3) is 10.9 Å². The van der Waals surface area contributed by atoms with Gasteiger partial charge in [-0.15, -0.1) is 0 Å². The van der Waals surface area contributed by atoms with Gasteiger partial charge in [0.1, 0.15) is 11.4 Å². The predicted octanol–water partition coefficient (Wildman–Crippen LogP) is 1.41. The minimum Gasteiger partial charge on any atom is -1.00 e. The lowest BCUT2D eigenvalue weighted by Gasteiger charge is -1.96. The average Bonchev–Trinajstić information content (AvgIpc) is 2.87. The second kappa shape index (κ2) is 6.30. The molecule has 116 valence electrons. The zero-order valence-electron chi connectivity index (χ0n) is 13.4. The summed E-state index contributed by atoms with van der Waals surface area (Å²) < 4.78 is 4.25. The van der Waals surface area contributed by atoms with Crippen molar-refractivity contribution in [1.29, 1.82) is 0 Å². The fourth-order valence-corrected chi connectivity index (χ4v) is 3.38. The Labute approximate surface area is 144 Å². The fraction of sp³-hybridized carbons (Fsp3) is 0.312. The molecule has 0 saturated heterocycles. The Morgan fingerprint density at radius 2 is 1.77 bits per heavy atom. The van der Waals surface area contributed by atoms with Crippen LogP contribution >= 0.6 is 11.3 Å². The molecular formula is C16H19BrN4S. The predicted molar refractivity (Wildman–Crippen MR) is 86.8 cm³/mol. The lowest BCUT2D eigenvalue weighted by Crippen LogP contribution is -3.00. The summed E-state index contributed by atoms with van der Waals surface area (Å²) in [4.78, 5) is 1.28. The summed E-state index contributed by atoms with van der Waals surface area (Å²) in [6.45, 7) is 6.30. The van der Waals surface area contributed by atoms with Gasteiger partial charge in [-0.3, -0.25) is 0 Å². The van der Waals surface area contributed by atoms with E-state index in [0.717, 1.165) is 21.9 Å². The van der Waals surface area contributed by atoms with E-state index in [-0.39, 0.29) is 17.0 Å². The number of nitrogens with zero attached hydrogens (tertiary/aromatic N) is 4. The third-order valence-electron chi connectivity index (χ3n) is 4.15. The van der Waals surface area contributed by atoms with Crippen LogP contribution in [0.4, 0.5) is 10.8 Å². The van der Waals surface area contributed by atoms with E-state index in [9.17, 15) is 0 Å². The van der Waals surface area contributed by atoms with Gasteiger partial charge >= 0.3 is 5.13 Å².